The average molecular weight is 1110 g/mol. The average Bonchev–Trinajstić information content (AvgIpc) is 4.13. The first-order valence-corrected chi connectivity index (χ1v) is 25.7. The maximum atomic E-state index is 12.6. The smallest absolute Gasteiger partial charge is 0.410 e. The number of non-ortho nitro benzene ring substituents is 2. The number of para-hydroxylation sites is 1. The van der Waals surface area contributed by atoms with Gasteiger partial charge in [0.05, 0.1) is 47.3 Å². The number of nitro benzene ring substituents is 2. The molecule has 80 heavy (non-hydrogen) atoms. The van der Waals surface area contributed by atoms with Gasteiger partial charge in [-0.1, -0.05) is 109 Å². The molecule has 5 aromatic carbocycles. The number of benzene rings is 5. The Balaban J connectivity index is 0.000000240. The summed E-state index contributed by atoms with van der Waals surface area (Å²) in [4.78, 5) is 89.9. The summed E-state index contributed by atoms with van der Waals surface area (Å²) in [6.07, 6.45) is -2.56. The third kappa shape index (κ3) is 21.0. The fraction of sp³-hybridized carbons (Fsp3) is 0.407. The number of esters is 1. The number of aliphatic hydroxyl groups excluding tert-OH is 2. The van der Waals surface area contributed by atoms with Crippen LogP contribution in [0.15, 0.2) is 146 Å². The largest absolute Gasteiger partial charge is 0.456 e. The summed E-state index contributed by atoms with van der Waals surface area (Å²) in [6.45, 7) is 18.6. The Morgan fingerprint density at radius 1 is 0.463 bits per heavy atom. The number of nitro groups is 2. The van der Waals surface area contributed by atoms with Gasteiger partial charge in [0.1, 0.15) is 22.9 Å². The monoisotopic (exact) mass is 1110 g/mol. The molecule has 0 bridgehead atoms. The lowest BCUT2D eigenvalue weighted by Crippen LogP contribution is -2.36. The Labute approximate surface area is 465 Å². The molecular weight excluding hydrogens is 1030 g/mol. The second-order valence-electron chi connectivity index (χ2n) is 21.8. The van der Waals surface area contributed by atoms with E-state index >= 15 is 0 Å². The molecule has 0 spiro atoms. The molecule has 5 aromatic rings. The fourth-order valence-corrected chi connectivity index (χ4v) is 8.44. The number of carbonyl (C=O) groups is 4. The molecular formula is C59H71N5O16. The normalized spacial score (nSPS) is 19.3. The number of rotatable bonds is 7. The molecule has 0 aromatic heterocycles. The minimum atomic E-state index is -0.632. The molecule has 0 radical (unpaired) electrons. The first kappa shape index (κ1) is 64.0. The molecule has 2 N–H and O–H groups in total. The molecule has 3 saturated heterocycles. The molecule has 3 fully saturated rings. The number of likely N-dealkylation sites (tertiary alicyclic amines) is 3. The van der Waals surface area contributed by atoms with Gasteiger partial charge in [-0.3, -0.25) is 20.2 Å². The van der Waals surface area contributed by atoms with Crippen molar-refractivity contribution in [3.8, 4) is 0 Å². The molecule has 8 rings (SSSR count). The number of nitrogens with zero attached hydrogens (tertiary/aromatic N) is 5. The van der Waals surface area contributed by atoms with Gasteiger partial charge in [-0.15, -0.1) is 0 Å². The maximum absolute atomic E-state index is 12.6. The predicted molar refractivity (Wildman–Crippen MR) is 293 cm³/mol. The topological polar surface area (TPSA) is 276 Å². The maximum Gasteiger partial charge on any atom is 0.410 e. The Bertz CT molecular complexity index is 2730. The van der Waals surface area contributed by atoms with Crippen LogP contribution in [0.2, 0.25) is 0 Å². The third-order valence-electron chi connectivity index (χ3n) is 12.0. The van der Waals surface area contributed by atoms with E-state index in [4.69, 9.17) is 28.5 Å². The van der Waals surface area contributed by atoms with E-state index in [1.54, 1.807) is 48.8 Å². The number of carbonyl (C=O) groups excluding carboxylic acids is 6. The van der Waals surface area contributed by atoms with Gasteiger partial charge in [0, 0.05) is 61.7 Å². The Morgan fingerprint density at radius 2 is 0.750 bits per heavy atom. The van der Waals surface area contributed by atoms with Crippen molar-refractivity contribution in [1.82, 2.24) is 14.7 Å². The number of hydrogen-bond donors (Lipinski definition) is 2. The highest BCUT2D eigenvalue weighted by atomic mass is 16.6. The molecule has 3 heterocycles. The molecule has 3 aliphatic heterocycles. The van der Waals surface area contributed by atoms with E-state index < -0.39 is 57.0 Å². The number of β-amino-alcohol motifs (C(OH)–C–C–N with tert-alkyl or cyclic N) is 2. The summed E-state index contributed by atoms with van der Waals surface area (Å²) in [6, 6.07) is 42.3. The van der Waals surface area contributed by atoms with Crippen molar-refractivity contribution in [1.29, 1.82) is 0 Å². The lowest BCUT2D eigenvalue weighted by Gasteiger charge is -2.24. The molecule has 0 unspecified atom stereocenters. The van der Waals surface area contributed by atoms with Gasteiger partial charge in [0.25, 0.3) is 11.4 Å². The summed E-state index contributed by atoms with van der Waals surface area (Å²) >= 11 is 0. The number of aliphatic hydroxyl groups is 2. The van der Waals surface area contributed by atoms with Gasteiger partial charge in [-0.2, -0.15) is 9.59 Å². The summed E-state index contributed by atoms with van der Waals surface area (Å²) in [5.41, 5.74) is 1.66. The van der Waals surface area contributed by atoms with Crippen LogP contribution >= 0.6 is 0 Å². The van der Waals surface area contributed by atoms with E-state index in [1.165, 1.54) is 41.3 Å². The van der Waals surface area contributed by atoms with Crippen LogP contribution in [0.3, 0.4) is 0 Å². The quantitative estimate of drug-likeness (QED) is 0.0663. The molecule has 3 amide bonds. The van der Waals surface area contributed by atoms with Crippen LogP contribution in [0.5, 0.6) is 0 Å². The summed E-state index contributed by atoms with van der Waals surface area (Å²) in [7, 11) is 0. The van der Waals surface area contributed by atoms with Crippen LogP contribution in [0, 0.1) is 20.2 Å². The van der Waals surface area contributed by atoms with E-state index in [2.05, 4.69) is 0 Å². The van der Waals surface area contributed by atoms with Gasteiger partial charge in [0.2, 0.25) is 0 Å². The minimum absolute atomic E-state index is 0.0336. The summed E-state index contributed by atoms with van der Waals surface area (Å²) in [5, 5.41) is 41.0. The summed E-state index contributed by atoms with van der Waals surface area (Å²) < 4.78 is 21.8. The van der Waals surface area contributed by atoms with Crippen molar-refractivity contribution < 1.29 is 67.8 Å². The van der Waals surface area contributed by atoms with E-state index in [1.807, 2.05) is 133 Å². The minimum Gasteiger partial charge on any atom is -0.456 e. The van der Waals surface area contributed by atoms with Crippen molar-refractivity contribution in [3.05, 3.63) is 188 Å². The van der Waals surface area contributed by atoms with Gasteiger partial charge in [0.15, 0.2) is 0 Å². The van der Waals surface area contributed by atoms with Crippen molar-refractivity contribution in [2.24, 2.45) is 0 Å². The second kappa shape index (κ2) is 29.5. The lowest BCUT2D eigenvalue weighted by molar-refractivity contribution is -0.385. The van der Waals surface area contributed by atoms with Crippen molar-refractivity contribution in [2.45, 2.75) is 115 Å². The Hall–Kier alpha value is -8.52. The van der Waals surface area contributed by atoms with E-state index in [9.17, 15) is 49.6 Å². The number of hydrogen-bond acceptors (Lipinski definition) is 16. The number of ether oxygens (including phenoxy) is 4. The van der Waals surface area contributed by atoms with Gasteiger partial charge in [-0.05, 0) is 91.1 Å². The zero-order chi connectivity index (χ0) is 59.4. The Kier molecular flexibility index (Phi) is 23.6. The van der Waals surface area contributed by atoms with Crippen LogP contribution in [0.4, 0.5) is 25.8 Å². The first-order chi connectivity index (χ1) is 37.6. The van der Waals surface area contributed by atoms with E-state index in [0.29, 0.717) is 32.7 Å². The zero-order valence-electron chi connectivity index (χ0n) is 46.4. The van der Waals surface area contributed by atoms with Crippen LogP contribution in [-0.2, 0) is 28.5 Å². The SMILES string of the molecule is CC(C)(C)OC(=O)N1C[C@@H](O)[C@H](c2ccccc2)C1.CC(C)(C)OC(=O)N1C[C@H](O)[C@H](c2ccccc2)C1.CC(C)(C)OC(=O)N1C[C@H](OC(=O)c2ccc([N+](=O)[O-])cc2)[C@H](c2ccccc2)C1.O=C=O.O=[N+]([O-])c1ccccc1. The molecule has 6 atom stereocenters. The molecule has 0 saturated carbocycles. The van der Waals surface area contributed by atoms with Crippen molar-refractivity contribution in [3.63, 3.8) is 0 Å². The van der Waals surface area contributed by atoms with Crippen molar-refractivity contribution >= 4 is 41.8 Å². The standard InChI is InChI=1S/C22H24N2O6.2C15H21NO3.C6H5NO2.CO2/c1-22(2,3)30-21(26)23-13-18(15-7-5-4-6-8-15)19(14-23)29-20(25)16-9-11-17(12-10-16)24(27)28;2*1-15(2,3)19-14(18)16-9-12(13(17)10-16)11-7-5-4-6-8-11;8-7(9)6-4-2-1-3-5-6;2-1-3/h4-12,18-19H,13-14H2,1-3H3;2*4-8,12-13,17H,9-10H2,1-3H3;1-5H;/t18-,19-;12-,13+;12-,13-;;/m000../s1. The van der Waals surface area contributed by atoms with Crippen LogP contribution in [0.1, 0.15) is 107 Å². The third-order valence-corrected chi connectivity index (χ3v) is 12.0. The van der Waals surface area contributed by atoms with Crippen LogP contribution < -0.4 is 0 Å². The van der Waals surface area contributed by atoms with E-state index in [0.717, 1.165) is 16.7 Å². The fourth-order valence-electron chi connectivity index (χ4n) is 8.44. The summed E-state index contributed by atoms with van der Waals surface area (Å²) in [5.74, 6) is -0.870. The highest BCUT2D eigenvalue weighted by Gasteiger charge is 2.41. The predicted octanol–water partition coefficient (Wildman–Crippen LogP) is 9.93. The second-order valence-corrected chi connectivity index (χ2v) is 21.8. The van der Waals surface area contributed by atoms with Crippen LogP contribution in [0.25, 0.3) is 0 Å². The number of amides is 3. The molecule has 21 heteroatoms. The molecule has 21 nitrogen and oxygen atoms in total. The molecule has 0 aliphatic carbocycles. The first-order valence-electron chi connectivity index (χ1n) is 25.7. The zero-order valence-corrected chi connectivity index (χ0v) is 46.4. The highest BCUT2D eigenvalue weighted by Crippen LogP contribution is 2.33. The highest BCUT2D eigenvalue weighted by molar-refractivity contribution is 5.90. The van der Waals surface area contributed by atoms with E-state index in [-0.39, 0.29) is 59.6 Å². The Morgan fingerprint density at radius 3 is 1.06 bits per heavy atom. The lowest BCUT2D eigenvalue weighted by atomic mass is 9.96. The van der Waals surface area contributed by atoms with Crippen molar-refractivity contribution in [2.75, 3.05) is 39.3 Å². The van der Waals surface area contributed by atoms with Gasteiger partial charge < -0.3 is 43.9 Å². The van der Waals surface area contributed by atoms with Gasteiger partial charge >= 0.3 is 30.4 Å². The van der Waals surface area contributed by atoms with Crippen LogP contribution in [-0.4, -0.2) is 140 Å². The molecule has 428 valence electrons. The van der Waals surface area contributed by atoms with Gasteiger partial charge in [-0.25, -0.2) is 19.2 Å². The molecule has 3 aliphatic rings.